The first-order valence-electron chi connectivity index (χ1n) is 14.0. The van der Waals surface area contributed by atoms with Gasteiger partial charge in [-0.3, -0.25) is 9.59 Å². The van der Waals surface area contributed by atoms with Crippen molar-refractivity contribution in [1.29, 1.82) is 0 Å². The molecule has 0 saturated heterocycles. The summed E-state index contributed by atoms with van der Waals surface area (Å²) in [6, 6.07) is 29.4. The van der Waals surface area contributed by atoms with Crippen LogP contribution < -0.4 is 24.3 Å². The predicted molar refractivity (Wildman–Crippen MR) is 166 cm³/mol. The van der Waals surface area contributed by atoms with Gasteiger partial charge in [-0.15, -0.1) is 0 Å². The number of amides is 2. The van der Waals surface area contributed by atoms with Crippen LogP contribution in [0.25, 0.3) is 0 Å². The van der Waals surface area contributed by atoms with Crippen molar-refractivity contribution >= 4 is 11.8 Å². The highest BCUT2D eigenvalue weighted by atomic mass is 16.5. The first-order chi connectivity index (χ1) is 20.9. The van der Waals surface area contributed by atoms with Crippen molar-refractivity contribution in [2.24, 2.45) is 0 Å². The maximum atomic E-state index is 14.1. The zero-order valence-corrected chi connectivity index (χ0v) is 25.0. The van der Waals surface area contributed by atoms with E-state index in [0.717, 1.165) is 22.3 Å². The van der Waals surface area contributed by atoms with Gasteiger partial charge in [-0.1, -0.05) is 66.7 Å². The molecule has 2 amide bonds. The van der Waals surface area contributed by atoms with Crippen molar-refractivity contribution < 1.29 is 28.5 Å². The predicted octanol–water partition coefficient (Wildman–Crippen LogP) is 5.22. The monoisotopic (exact) mass is 582 g/mol. The lowest BCUT2D eigenvalue weighted by molar-refractivity contribution is -0.140. The number of benzene rings is 4. The second kappa shape index (κ2) is 15.3. The van der Waals surface area contributed by atoms with Crippen LogP contribution in [-0.4, -0.2) is 51.2 Å². The number of para-hydroxylation sites is 1. The van der Waals surface area contributed by atoms with E-state index >= 15 is 0 Å². The Bertz CT molecular complexity index is 1490. The highest BCUT2D eigenvalue weighted by Gasteiger charge is 2.30. The Morgan fingerprint density at radius 2 is 1.33 bits per heavy atom. The highest BCUT2D eigenvalue weighted by Crippen LogP contribution is 2.28. The van der Waals surface area contributed by atoms with Gasteiger partial charge < -0.3 is 29.2 Å². The van der Waals surface area contributed by atoms with E-state index in [-0.39, 0.29) is 31.3 Å². The Labute approximate surface area is 253 Å². The summed E-state index contributed by atoms with van der Waals surface area (Å²) in [5.41, 5.74) is 3.40. The molecular formula is C35H38N2O6. The van der Waals surface area contributed by atoms with Crippen molar-refractivity contribution in [1.82, 2.24) is 10.2 Å². The first-order valence-corrected chi connectivity index (χ1v) is 14.0. The van der Waals surface area contributed by atoms with Gasteiger partial charge in [0.25, 0.3) is 0 Å². The fourth-order valence-electron chi connectivity index (χ4n) is 4.90. The van der Waals surface area contributed by atoms with Crippen LogP contribution in [0.5, 0.6) is 23.0 Å². The summed E-state index contributed by atoms with van der Waals surface area (Å²) in [4.78, 5) is 29.8. The summed E-state index contributed by atoms with van der Waals surface area (Å²) >= 11 is 0. The number of hydrogen-bond donors (Lipinski definition) is 1. The molecule has 0 saturated carbocycles. The van der Waals surface area contributed by atoms with Crippen molar-refractivity contribution in [3.05, 3.63) is 119 Å². The smallest absolute Gasteiger partial charge is 0.243 e. The highest BCUT2D eigenvalue weighted by molar-refractivity contribution is 5.89. The molecule has 0 aliphatic heterocycles. The Balaban J connectivity index is 1.68. The number of ether oxygens (including phenoxy) is 4. The van der Waals surface area contributed by atoms with Crippen molar-refractivity contribution in [2.75, 3.05) is 28.4 Å². The third kappa shape index (κ3) is 8.29. The van der Waals surface area contributed by atoms with E-state index in [4.69, 9.17) is 18.9 Å². The van der Waals surface area contributed by atoms with Crippen LogP contribution in [0.2, 0.25) is 0 Å². The molecule has 4 rings (SSSR count). The first kappa shape index (κ1) is 31.0. The molecule has 0 radical (unpaired) electrons. The third-order valence-corrected chi connectivity index (χ3v) is 7.23. The second-order valence-electron chi connectivity index (χ2n) is 9.97. The molecule has 1 atom stereocenters. The van der Waals surface area contributed by atoms with Gasteiger partial charge in [0.2, 0.25) is 11.8 Å². The molecule has 4 aromatic carbocycles. The minimum Gasteiger partial charge on any atom is -0.497 e. The molecule has 4 aromatic rings. The largest absolute Gasteiger partial charge is 0.497 e. The topological polar surface area (TPSA) is 86.3 Å². The zero-order chi connectivity index (χ0) is 30.6. The van der Waals surface area contributed by atoms with Crippen molar-refractivity contribution in [2.45, 2.75) is 32.0 Å². The Hall–Kier alpha value is -4.98. The van der Waals surface area contributed by atoms with Gasteiger partial charge >= 0.3 is 0 Å². The third-order valence-electron chi connectivity index (χ3n) is 7.23. The maximum absolute atomic E-state index is 14.1. The molecule has 8 heteroatoms. The summed E-state index contributed by atoms with van der Waals surface area (Å²) < 4.78 is 21.6. The molecule has 1 unspecified atom stereocenters. The minimum atomic E-state index is -0.785. The van der Waals surface area contributed by atoms with Crippen LogP contribution in [0, 0.1) is 0 Å². The summed E-state index contributed by atoms with van der Waals surface area (Å²) in [7, 11) is 6.33. The molecule has 8 nitrogen and oxygen atoms in total. The number of carbonyl (C=O) groups excluding carboxylic acids is 2. The van der Waals surface area contributed by atoms with Crippen LogP contribution in [0.4, 0.5) is 0 Å². The maximum Gasteiger partial charge on any atom is 0.243 e. The molecular weight excluding hydrogens is 544 g/mol. The average Bonchev–Trinajstić information content (AvgIpc) is 3.05. The van der Waals surface area contributed by atoms with Crippen LogP contribution in [0.3, 0.4) is 0 Å². The molecule has 43 heavy (non-hydrogen) atoms. The van der Waals surface area contributed by atoms with Gasteiger partial charge in [-0.2, -0.15) is 0 Å². The van der Waals surface area contributed by atoms with E-state index in [1.54, 1.807) is 45.5 Å². The fourth-order valence-corrected chi connectivity index (χ4v) is 4.90. The number of carbonyl (C=O) groups is 2. The molecule has 0 heterocycles. The molecule has 224 valence electrons. The molecule has 1 N–H and O–H groups in total. The van der Waals surface area contributed by atoms with E-state index < -0.39 is 6.04 Å². The molecule has 0 fully saturated rings. The van der Waals surface area contributed by atoms with Crippen molar-refractivity contribution in [3.8, 4) is 23.0 Å². The second-order valence-corrected chi connectivity index (χ2v) is 9.97. The summed E-state index contributed by atoms with van der Waals surface area (Å²) in [5.74, 6) is 2.04. The van der Waals surface area contributed by atoms with Crippen LogP contribution in [-0.2, 0) is 35.5 Å². The van der Waals surface area contributed by atoms with Gasteiger partial charge in [0.05, 0.1) is 34.9 Å². The van der Waals surface area contributed by atoms with E-state index in [0.29, 0.717) is 29.4 Å². The standard InChI is InChI=1S/C35H38N2O6/c1-40-29-17-14-26(15-18-29)24-37(34(38)22-27-16-19-32(42-3)33(21-27)43-4)30(20-25-10-6-5-7-11-25)35(39)36-23-28-12-8-9-13-31(28)41-2/h5-19,21,30H,20,22-24H2,1-4H3,(H,36,39). The molecule has 0 aliphatic carbocycles. The van der Waals surface area contributed by atoms with Gasteiger partial charge in [0.1, 0.15) is 17.5 Å². The number of nitrogens with one attached hydrogen (secondary N) is 1. The average molecular weight is 583 g/mol. The van der Waals surface area contributed by atoms with Crippen LogP contribution in [0.15, 0.2) is 97.1 Å². The fraction of sp³-hybridized carbons (Fsp3) is 0.257. The lowest BCUT2D eigenvalue weighted by Gasteiger charge is -2.32. The normalized spacial score (nSPS) is 11.3. The lowest BCUT2D eigenvalue weighted by Crippen LogP contribution is -2.50. The molecule has 0 aliphatic rings. The Kier molecular flexibility index (Phi) is 11.0. The SMILES string of the molecule is COc1ccc(CN(C(=O)Cc2ccc(OC)c(OC)c2)C(Cc2ccccc2)C(=O)NCc2ccccc2OC)cc1. The lowest BCUT2D eigenvalue weighted by atomic mass is 10.0. The Morgan fingerprint density at radius 1 is 0.674 bits per heavy atom. The van der Waals surface area contributed by atoms with Crippen LogP contribution in [0.1, 0.15) is 22.3 Å². The Morgan fingerprint density at radius 3 is 2.00 bits per heavy atom. The van der Waals surface area contributed by atoms with Gasteiger partial charge in [-0.25, -0.2) is 0 Å². The van der Waals surface area contributed by atoms with E-state index in [2.05, 4.69) is 5.32 Å². The minimum absolute atomic E-state index is 0.0710. The molecule has 0 bridgehead atoms. The summed E-state index contributed by atoms with van der Waals surface area (Å²) in [6.45, 7) is 0.490. The number of hydrogen-bond acceptors (Lipinski definition) is 6. The molecule has 0 spiro atoms. The van der Waals surface area contributed by atoms with E-state index in [1.165, 1.54) is 0 Å². The van der Waals surface area contributed by atoms with Gasteiger partial charge in [0.15, 0.2) is 11.5 Å². The number of methoxy groups -OCH3 is 4. The van der Waals surface area contributed by atoms with Crippen molar-refractivity contribution in [3.63, 3.8) is 0 Å². The summed E-state index contributed by atoms with van der Waals surface area (Å²) in [6.07, 6.45) is 0.411. The van der Waals surface area contributed by atoms with Crippen LogP contribution >= 0.6 is 0 Å². The van der Waals surface area contributed by atoms with E-state index in [1.807, 2.05) is 84.9 Å². The van der Waals surface area contributed by atoms with E-state index in [9.17, 15) is 9.59 Å². The van der Waals surface area contributed by atoms with Gasteiger partial charge in [-0.05, 0) is 47.0 Å². The zero-order valence-electron chi connectivity index (χ0n) is 25.0. The quantitative estimate of drug-likeness (QED) is 0.220. The molecule has 0 aromatic heterocycles. The number of rotatable bonds is 14. The van der Waals surface area contributed by atoms with Gasteiger partial charge in [0, 0.05) is 25.1 Å². The number of nitrogens with zero attached hydrogens (tertiary/aromatic N) is 1. The summed E-state index contributed by atoms with van der Waals surface area (Å²) in [5, 5.41) is 3.06.